The van der Waals surface area contributed by atoms with E-state index in [1.165, 1.54) is 18.2 Å². The molecule has 2 rings (SSSR count). The molecule has 0 aliphatic carbocycles. The molecule has 0 saturated carbocycles. The first kappa shape index (κ1) is 19.7. The highest BCUT2D eigenvalue weighted by atomic mass is 79.9. The summed E-state index contributed by atoms with van der Waals surface area (Å²) < 4.78 is 19.8. The van der Waals surface area contributed by atoms with Crippen molar-refractivity contribution in [2.75, 3.05) is 12.4 Å². The third kappa shape index (κ3) is 5.17. The summed E-state index contributed by atoms with van der Waals surface area (Å²) in [6.07, 6.45) is 0. The largest absolute Gasteiger partial charge is 0.496 e. The topological polar surface area (TPSA) is 50.4 Å². The SMILES string of the molecule is COc1ccc(C(C)NC(C)C(=O)Nc2cc(Cl)ccc2F)cc1Br. The van der Waals surface area contributed by atoms with Crippen LogP contribution >= 0.6 is 27.5 Å². The van der Waals surface area contributed by atoms with Gasteiger partial charge in [-0.05, 0) is 65.7 Å². The highest BCUT2D eigenvalue weighted by Crippen LogP contribution is 2.28. The van der Waals surface area contributed by atoms with Crippen molar-refractivity contribution in [3.8, 4) is 5.75 Å². The number of halogens is 3. The van der Waals surface area contributed by atoms with E-state index >= 15 is 0 Å². The number of amides is 1. The number of carbonyl (C=O) groups excluding carboxylic acids is 1. The van der Waals surface area contributed by atoms with Gasteiger partial charge in [-0.25, -0.2) is 4.39 Å². The van der Waals surface area contributed by atoms with E-state index in [4.69, 9.17) is 16.3 Å². The zero-order valence-electron chi connectivity index (χ0n) is 14.1. The molecule has 134 valence electrons. The Morgan fingerprint density at radius 3 is 2.60 bits per heavy atom. The van der Waals surface area contributed by atoms with Crippen LogP contribution in [-0.2, 0) is 4.79 Å². The lowest BCUT2D eigenvalue weighted by atomic mass is 10.1. The van der Waals surface area contributed by atoms with Crippen molar-refractivity contribution in [2.24, 2.45) is 0 Å². The van der Waals surface area contributed by atoms with E-state index in [1.54, 1.807) is 14.0 Å². The van der Waals surface area contributed by atoms with Crippen LogP contribution in [0.5, 0.6) is 5.75 Å². The Labute approximate surface area is 159 Å². The fourth-order valence-electron chi connectivity index (χ4n) is 2.33. The van der Waals surface area contributed by atoms with Gasteiger partial charge in [0.1, 0.15) is 11.6 Å². The lowest BCUT2D eigenvalue weighted by Crippen LogP contribution is -2.39. The quantitative estimate of drug-likeness (QED) is 0.685. The second-order valence-electron chi connectivity index (χ2n) is 5.62. The lowest BCUT2D eigenvalue weighted by Gasteiger charge is -2.21. The van der Waals surface area contributed by atoms with E-state index in [9.17, 15) is 9.18 Å². The molecule has 2 unspecified atom stereocenters. The molecule has 4 nitrogen and oxygen atoms in total. The molecule has 2 aromatic rings. The molecule has 2 aromatic carbocycles. The number of methoxy groups -OCH3 is 1. The van der Waals surface area contributed by atoms with Gasteiger partial charge in [-0.3, -0.25) is 10.1 Å². The molecule has 0 spiro atoms. The number of anilines is 1. The van der Waals surface area contributed by atoms with Gasteiger partial charge in [-0.15, -0.1) is 0 Å². The summed E-state index contributed by atoms with van der Waals surface area (Å²) in [5, 5.41) is 6.09. The summed E-state index contributed by atoms with van der Waals surface area (Å²) >= 11 is 9.28. The Bertz CT molecular complexity index is 773. The highest BCUT2D eigenvalue weighted by Gasteiger charge is 2.18. The van der Waals surface area contributed by atoms with Crippen LogP contribution < -0.4 is 15.4 Å². The van der Waals surface area contributed by atoms with E-state index in [0.29, 0.717) is 5.02 Å². The molecule has 0 bridgehead atoms. The molecule has 2 atom stereocenters. The van der Waals surface area contributed by atoms with Crippen LogP contribution in [0.4, 0.5) is 10.1 Å². The molecule has 0 heterocycles. The number of hydrogen-bond acceptors (Lipinski definition) is 3. The first-order valence-corrected chi connectivity index (χ1v) is 8.84. The number of rotatable bonds is 6. The van der Waals surface area contributed by atoms with Crippen LogP contribution in [0.15, 0.2) is 40.9 Å². The van der Waals surface area contributed by atoms with Crippen molar-refractivity contribution < 1.29 is 13.9 Å². The van der Waals surface area contributed by atoms with Gasteiger partial charge in [-0.1, -0.05) is 17.7 Å². The summed E-state index contributed by atoms with van der Waals surface area (Å²) in [6.45, 7) is 3.66. The minimum atomic E-state index is -0.533. The number of hydrogen-bond donors (Lipinski definition) is 2. The van der Waals surface area contributed by atoms with E-state index < -0.39 is 11.9 Å². The maximum absolute atomic E-state index is 13.7. The monoisotopic (exact) mass is 428 g/mol. The second kappa shape index (κ2) is 8.65. The molecule has 7 heteroatoms. The molecule has 0 aromatic heterocycles. The maximum atomic E-state index is 13.7. The average molecular weight is 430 g/mol. The molecular formula is C18H19BrClFN2O2. The molecule has 0 aliphatic rings. The Morgan fingerprint density at radius 2 is 1.96 bits per heavy atom. The van der Waals surface area contributed by atoms with Crippen molar-refractivity contribution >= 4 is 39.1 Å². The second-order valence-corrected chi connectivity index (χ2v) is 6.91. The van der Waals surface area contributed by atoms with Crippen LogP contribution in [-0.4, -0.2) is 19.1 Å². The van der Waals surface area contributed by atoms with Gasteiger partial charge in [0.25, 0.3) is 0 Å². The fourth-order valence-corrected chi connectivity index (χ4v) is 3.06. The molecule has 0 radical (unpaired) electrons. The summed E-state index contributed by atoms with van der Waals surface area (Å²) in [7, 11) is 1.60. The highest BCUT2D eigenvalue weighted by molar-refractivity contribution is 9.10. The van der Waals surface area contributed by atoms with Crippen LogP contribution in [0.3, 0.4) is 0 Å². The first-order chi connectivity index (χ1) is 11.8. The zero-order chi connectivity index (χ0) is 18.6. The fraction of sp³-hybridized carbons (Fsp3) is 0.278. The van der Waals surface area contributed by atoms with Crippen molar-refractivity contribution in [3.05, 3.63) is 57.3 Å². The van der Waals surface area contributed by atoms with E-state index in [0.717, 1.165) is 15.8 Å². The van der Waals surface area contributed by atoms with Gasteiger partial charge in [0.05, 0.1) is 23.3 Å². The van der Waals surface area contributed by atoms with Crippen LogP contribution in [0, 0.1) is 5.82 Å². The van der Waals surface area contributed by atoms with Crippen molar-refractivity contribution in [1.82, 2.24) is 5.32 Å². The smallest absolute Gasteiger partial charge is 0.241 e. The predicted octanol–water partition coefficient (Wildman–Crippen LogP) is 4.93. The van der Waals surface area contributed by atoms with E-state index in [1.807, 2.05) is 25.1 Å². The maximum Gasteiger partial charge on any atom is 0.241 e. The normalized spacial score (nSPS) is 13.2. The summed E-state index contributed by atoms with van der Waals surface area (Å²) in [4.78, 5) is 12.3. The number of nitrogens with one attached hydrogen (secondary N) is 2. The van der Waals surface area contributed by atoms with Gasteiger partial charge in [0.2, 0.25) is 5.91 Å². The summed E-state index contributed by atoms with van der Waals surface area (Å²) in [5.74, 6) is -0.143. The van der Waals surface area contributed by atoms with Gasteiger partial charge >= 0.3 is 0 Å². The molecule has 2 N–H and O–H groups in total. The molecular weight excluding hydrogens is 411 g/mol. The Hall–Kier alpha value is -1.63. The summed E-state index contributed by atoms with van der Waals surface area (Å²) in [5.41, 5.74) is 1.05. The predicted molar refractivity (Wildman–Crippen MR) is 102 cm³/mol. The minimum Gasteiger partial charge on any atom is -0.496 e. The number of benzene rings is 2. The number of ether oxygens (including phenoxy) is 1. The van der Waals surface area contributed by atoms with Crippen molar-refractivity contribution in [3.63, 3.8) is 0 Å². The summed E-state index contributed by atoms with van der Waals surface area (Å²) in [6, 6.07) is 9.10. The van der Waals surface area contributed by atoms with Gasteiger partial charge in [0.15, 0.2) is 0 Å². The molecule has 0 fully saturated rings. The van der Waals surface area contributed by atoms with Gasteiger partial charge in [-0.2, -0.15) is 0 Å². The molecule has 1 amide bonds. The average Bonchev–Trinajstić information content (AvgIpc) is 2.57. The van der Waals surface area contributed by atoms with Crippen LogP contribution in [0.1, 0.15) is 25.5 Å². The third-order valence-electron chi connectivity index (χ3n) is 3.76. The molecule has 0 saturated heterocycles. The third-order valence-corrected chi connectivity index (χ3v) is 4.61. The van der Waals surface area contributed by atoms with Gasteiger partial charge in [0, 0.05) is 11.1 Å². The first-order valence-electron chi connectivity index (χ1n) is 7.67. The Kier molecular flexibility index (Phi) is 6.81. The van der Waals surface area contributed by atoms with E-state index in [2.05, 4.69) is 26.6 Å². The molecule has 25 heavy (non-hydrogen) atoms. The van der Waals surface area contributed by atoms with Crippen LogP contribution in [0.2, 0.25) is 5.02 Å². The van der Waals surface area contributed by atoms with Crippen LogP contribution in [0.25, 0.3) is 0 Å². The van der Waals surface area contributed by atoms with Gasteiger partial charge < -0.3 is 10.1 Å². The van der Waals surface area contributed by atoms with E-state index in [-0.39, 0.29) is 17.6 Å². The minimum absolute atomic E-state index is 0.0611. The molecule has 0 aliphatic heterocycles. The lowest BCUT2D eigenvalue weighted by molar-refractivity contribution is -0.118. The number of carbonyl (C=O) groups is 1. The Morgan fingerprint density at radius 1 is 1.24 bits per heavy atom. The standard InChI is InChI=1S/C18H19BrClFN2O2/c1-10(12-4-7-17(25-3)14(19)8-12)22-11(2)18(24)23-16-9-13(20)5-6-15(16)21/h4-11,22H,1-3H3,(H,23,24). The Balaban J connectivity index is 2.02. The van der Waals surface area contributed by atoms with Crippen molar-refractivity contribution in [2.45, 2.75) is 25.9 Å². The zero-order valence-corrected chi connectivity index (χ0v) is 16.4. The van der Waals surface area contributed by atoms with Crippen molar-refractivity contribution in [1.29, 1.82) is 0 Å².